The van der Waals surface area contributed by atoms with Gasteiger partial charge in [0.1, 0.15) is 17.1 Å². The van der Waals surface area contributed by atoms with Gasteiger partial charge in [0, 0.05) is 19.2 Å². The normalized spacial score (nSPS) is 11.0. The number of allylic oxidation sites excluding steroid dienone is 3. The van der Waals surface area contributed by atoms with Gasteiger partial charge < -0.3 is 5.32 Å². The predicted molar refractivity (Wildman–Crippen MR) is 90.5 cm³/mol. The highest BCUT2D eigenvalue weighted by atomic mass is 16.2. The van der Waals surface area contributed by atoms with Gasteiger partial charge in [0.2, 0.25) is 0 Å². The Labute approximate surface area is 135 Å². The van der Waals surface area contributed by atoms with E-state index in [0.717, 1.165) is 12.8 Å². The van der Waals surface area contributed by atoms with E-state index in [4.69, 9.17) is 0 Å². The minimum atomic E-state index is -0.143. The van der Waals surface area contributed by atoms with Crippen molar-refractivity contribution in [1.29, 1.82) is 0 Å². The van der Waals surface area contributed by atoms with Crippen LogP contribution in [0, 0.1) is 0 Å². The molecule has 0 saturated carbocycles. The lowest BCUT2D eigenvalue weighted by Gasteiger charge is -2.06. The van der Waals surface area contributed by atoms with Crippen LogP contribution in [-0.2, 0) is 11.2 Å². The van der Waals surface area contributed by atoms with Crippen LogP contribution in [0.25, 0.3) is 5.65 Å². The fourth-order valence-electron chi connectivity index (χ4n) is 2.29. The summed E-state index contributed by atoms with van der Waals surface area (Å²) in [6.45, 7) is 5.74. The minimum absolute atomic E-state index is 0.0481. The third-order valence-corrected chi connectivity index (χ3v) is 3.31. The van der Waals surface area contributed by atoms with Crippen molar-refractivity contribution >= 4 is 17.3 Å². The maximum absolute atomic E-state index is 12.3. The molecule has 0 fully saturated rings. The molecule has 0 aliphatic carbocycles. The van der Waals surface area contributed by atoms with Gasteiger partial charge in [0.15, 0.2) is 0 Å². The topological polar surface area (TPSA) is 63.5 Å². The molecular formula is C18H21N3O2. The number of hydrogen-bond acceptors (Lipinski definition) is 3. The van der Waals surface area contributed by atoms with Gasteiger partial charge in [-0.25, -0.2) is 4.98 Å². The standard InChI is InChI=1S/C18H21N3O2/c1-3-4-5-6-7-11-19-18(23)16-9-8-10-17-20-15(12-14(2)22)13-21(16)17/h3-5,8-10,13H,1,6-7,11-12H2,2H3,(H,19,23)/b5-4-. The van der Waals surface area contributed by atoms with Gasteiger partial charge in [0.25, 0.3) is 5.91 Å². The maximum atomic E-state index is 12.3. The van der Waals surface area contributed by atoms with Crippen molar-refractivity contribution in [2.45, 2.75) is 26.2 Å². The molecule has 5 heteroatoms. The first-order valence-electron chi connectivity index (χ1n) is 7.64. The summed E-state index contributed by atoms with van der Waals surface area (Å²) in [5, 5.41) is 2.90. The molecule has 0 saturated heterocycles. The maximum Gasteiger partial charge on any atom is 0.268 e. The number of imidazole rings is 1. The number of pyridine rings is 1. The van der Waals surface area contributed by atoms with E-state index in [1.165, 1.54) is 6.92 Å². The lowest BCUT2D eigenvalue weighted by Crippen LogP contribution is -2.26. The van der Waals surface area contributed by atoms with Gasteiger partial charge in [-0.15, -0.1) is 0 Å². The van der Waals surface area contributed by atoms with Crippen molar-refractivity contribution in [3.63, 3.8) is 0 Å². The molecule has 2 heterocycles. The van der Waals surface area contributed by atoms with Gasteiger partial charge >= 0.3 is 0 Å². The molecule has 1 amide bonds. The zero-order chi connectivity index (χ0) is 16.7. The smallest absolute Gasteiger partial charge is 0.268 e. The molecule has 23 heavy (non-hydrogen) atoms. The van der Waals surface area contributed by atoms with Crippen molar-refractivity contribution < 1.29 is 9.59 Å². The van der Waals surface area contributed by atoms with E-state index >= 15 is 0 Å². The summed E-state index contributed by atoms with van der Waals surface area (Å²) >= 11 is 0. The largest absolute Gasteiger partial charge is 0.351 e. The molecule has 2 aromatic rings. The molecule has 1 N–H and O–H groups in total. The molecule has 2 aromatic heterocycles. The quantitative estimate of drug-likeness (QED) is 0.602. The Morgan fingerprint density at radius 3 is 2.96 bits per heavy atom. The first-order chi connectivity index (χ1) is 11.1. The lowest BCUT2D eigenvalue weighted by atomic mass is 10.2. The third kappa shape index (κ3) is 4.64. The van der Waals surface area contributed by atoms with Crippen LogP contribution in [0.4, 0.5) is 0 Å². The Morgan fingerprint density at radius 1 is 1.39 bits per heavy atom. The Hall–Kier alpha value is -2.69. The SMILES string of the molecule is C=C/C=C\CCCNC(=O)c1cccc2nc(CC(C)=O)cn12. The van der Waals surface area contributed by atoms with Crippen molar-refractivity contribution in [1.82, 2.24) is 14.7 Å². The van der Waals surface area contributed by atoms with E-state index in [1.54, 1.807) is 28.8 Å². The molecule has 0 atom stereocenters. The predicted octanol–water partition coefficient (Wildman–Crippen LogP) is 2.72. The van der Waals surface area contributed by atoms with Crippen LogP contribution in [0.3, 0.4) is 0 Å². The molecular weight excluding hydrogens is 290 g/mol. The van der Waals surface area contributed by atoms with E-state index in [2.05, 4.69) is 16.9 Å². The molecule has 0 spiro atoms. The number of nitrogens with zero attached hydrogens (tertiary/aromatic N) is 2. The zero-order valence-electron chi connectivity index (χ0n) is 13.3. The van der Waals surface area contributed by atoms with E-state index in [-0.39, 0.29) is 18.1 Å². The van der Waals surface area contributed by atoms with Gasteiger partial charge in [0.05, 0.1) is 5.69 Å². The van der Waals surface area contributed by atoms with Gasteiger partial charge in [-0.2, -0.15) is 0 Å². The zero-order valence-corrected chi connectivity index (χ0v) is 13.3. The summed E-state index contributed by atoms with van der Waals surface area (Å²) in [5.74, 6) is -0.0953. The van der Waals surface area contributed by atoms with E-state index in [9.17, 15) is 9.59 Å². The Morgan fingerprint density at radius 2 is 2.22 bits per heavy atom. The lowest BCUT2D eigenvalue weighted by molar-refractivity contribution is -0.116. The summed E-state index contributed by atoms with van der Waals surface area (Å²) in [4.78, 5) is 27.9. The molecule has 120 valence electrons. The highest BCUT2D eigenvalue weighted by Gasteiger charge is 2.12. The molecule has 5 nitrogen and oxygen atoms in total. The van der Waals surface area contributed by atoms with Gasteiger partial charge in [-0.05, 0) is 31.9 Å². The summed E-state index contributed by atoms with van der Waals surface area (Å²) in [7, 11) is 0. The van der Waals surface area contributed by atoms with E-state index < -0.39 is 0 Å². The second-order valence-corrected chi connectivity index (χ2v) is 5.31. The third-order valence-electron chi connectivity index (χ3n) is 3.31. The van der Waals surface area contributed by atoms with Crippen LogP contribution in [0.1, 0.15) is 35.9 Å². The van der Waals surface area contributed by atoms with Gasteiger partial charge in [-0.1, -0.05) is 30.9 Å². The number of carbonyl (C=O) groups is 2. The molecule has 0 radical (unpaired) electrons. The van der Waals surface area contributed by atoms with Crippen LogP contribution in [-0.4, -0.2) is 27.6 Å². The number of Topliss-reactive ketones (excluding diaryl/α,β-unsaturated/α-hetero) is 1. The molecule has 0 aliphatic rings. The second kappa shape index (κ2) is 8.08. The number of hydrogen-bond donors (Lipinski definition) is 1. The van der Waals surface area contributed by atoms with Crippen LogP contribution >= 0.6 is 0 Å². The number of nitrogens with one attached hydrogen (secondary N) is 1. The molecule has 0 bridgehead atoms. The summed E-state index contributed by atoms with van der Waals surface area (Å²) in [6, 6.07) is 5.36. The van der Waals surface area contributed by atoms with Crippen LogP contribution in [0.2, 0.25) is 0 Å². The van der Waals surface area contributed by atoms with Crippen molar-refractivity contribution in [3.05, 3.63) is 60.6 Å². The monoisotopic (exact) mass is 311 g/mol. The first kappa shape index (κ1) is 16.7. The molecule has 0 aliphatic heterocycles. The number of unbranched alkanes of at least 4 members (excludes halogenated alkanes) is 1. The number of ketones is 1. The molecule has 0 unspecified atom stereocenters. The molecule has 2 rings (SSSR count). The average Bonchev–Trinajstić information content (AvgIpc) is 2.91. The summed E-state index contributed by atoms with van der Waals surface area (Å²) in [6.07, 6.45) is 9.43. The summed E-state index contributed by atoms with van der Waals surface area (Å²) in [5.41, 5.74) is 1.86. The first-order valence-corrected chi connectivity index (χ1v) is 7.64. The minimum Gasteiger partial charge on any atom is -0.351 e. The fraction of sp³-hybridized carbons (Fsp3) is 0.278. The van der Waals surface area contributed by atoms with Crippen LogP contribution < -0.4 is 5.32 Å². The number of carbonyl (C=O) groups excluding carboxylic acids is 2. The molecule has 0 aromatic carbocycles. The Bertz CT molecular complexity index is 744. The Kier molecular flexibility index (Phi) is 5.86. The fourth-order valence-corrected chi connectivity index (χ4v) is 2.29. The van der Waals surface area contributed by atoms with Gasteiger partial charge in [-0.3, -0.25) is 14.0 Å². The number of amides is 1. The summed E-state index contributed by atoms with van der Waals surface area (Å²) < 4.78 is 1.73. The second-order valence-electron chi connectivity index (χ2n) is 5.31. The highest BCUT2D eigenvalue weighted by Crippen LogP contribution is 2.10. The van der Waals surface area contributed by atoms with Crippen molar-refractivity contribution in [3.8, 4) is 0 Å². The van der Waals surface area contributed by atoms with Crippen molar-refractivity contribution in [2.24, 2.45) is 0 Å². The highest BCUT2D eigenvalue weighted by molar-refractivity contribution is 5.93. The number of rotatable bonds is 8. The van der Waals surface area contributed by atoms with E-state index in [0.29, 0.717) is 23.6 Å². The van der Waals surface area contributed by atoms with Crippen molar-refractivity contribution in [2.75, 3.05) is 6.54 Å². The average molecular weight is 311 g/mol. The number of fused-ring (bicyclic) bond motifs is 1. The van der Waals surface area contributed by atoms with Crippen LogP contribution in [0.5, 0.6) is 0 Å². The van der Waals surface area contributed by atoms with Crippen LogP contribution in [0.15, 0.2) is 49.2 Å². The Balaban J connectivity index is 2.04. The van der Waals surface area contributed by atoms with E-state index in [1.807, 2.05) is 18.2 Å². The number of aromatic nitrogens is 2.